The van der Waals surface area contributed by atoms with E-state index in [-0.39, 0.29) is 12.3 Å². The normalized spacial score (nSPS) is 12.3. The molecule has 1 heterocycles. The highest BCUT2D eigenvalue weighted by molar-refractivity contribution is 5.91. The average Bonchev–Trinajstić information content (AvgIpc) is 2.25. The van der Waals surface area contributed by atoms with Crippen LogP contribution in [0.2, 0.25) is 0 Å². The second-order valence-electron chi connectivity index (χ2n) is 4.88. The molecule has 0 bridgehead atoms. The quantitative estimate of drug-likeness (QED) is 0.923. The predicted octanol–water partition coefficient (Wildman–Crippen LogP) is 2.85. The minimum absolute atomic E-state index is 0.176. The van der Waals surface area contributed by atoms with Gasteiger partial charge in [-0.05, 0) is 32.9 Å². The van der Waals surface area contributed by atoms with Gasteiger partial charge in [-0.2, -0.15) is 13.2 Å². The van der Waals surface area contributed by atoms with Gasteiger partial charge in [0.15, 0.2) is 0 Å². The Labute approximate surface area is 109 Å². The van der Waals surface area contributed by atoms with E-state index >= 15 is 0 Å². The van der Waals surface area contributed by atoms with Crippen LogP contribution in [-0.4, -0.2) is 23.1 Å². The molecule has 0 spiro atoms. The number of hydrogen-bond acceptors (Lipinski definition) is 3. The number of pyridine rings is 1. The Morgan fingerprint density at radius 2 is 1.95 bits per heavy atom. The molecule has 0 aliphatic rings. The van der Waals surface area contributed by atoms with E-state index in [1.165, 1.54) is 0 Å². The summed E-state index contributed by atoms with van der Waals surface area (Å²) in [6.07, 6.45) is -3.53. The van der Waals surface area contributed by atoms with E-state index in [1.54, 1.807) is 20.8 Å². The van der Waals surface area contributed by atoms with Crippen molar-refractivity contribution in [3.63, 3.8) is 0 Å². The zero-order valence-corrected chi connectivity index (χ0v) is 10.8. The molecular formula is C12H15F3N2O2. The number of nitrogens with one attached hydrogen (secondary N) is 1. The Kier molecular flexibility index (Phi) is 4.52. The molecule has 19 heavy (non-hydrogen) atoms. The highest BCUT2D eigenvalue weighted by Crippen LogP contribution is 2.27. The minimum Gasteiger partial charge on any atom is -0.366 e. The smallest absolute Gasteiger partial charge is 0.366 e. The first-order valence-corrected chi connectivity index (χ1v) is 5.55. The molecule has 0 radical (unpaired) electrons. The number of amides is 1. The lowest BCUT2D eigenvalue weighted by Crippen LogP contribution is -2.27. The SMILES string of the molecule is CC(C)(C)OCC(=O)Nc1ccc(C(F)(F)F)nc1. The van der Waals surface area contributed by atoms with E-state index in [4.69, 9.17) is 4.74 Å². The van der Waals surface area contributed by atoms with Crippen LogP contribution in [0.15, 0.2) is 18.3 Å². The summed E-state index contributed by atoms with van der Waals surface area (Å²) in [5.74, 6) is -0.448. The van der Waals surface area contributed by atoms with Crippen molar-refractivity contribution < 1.29 is 22.7 Å². The van der Waals surface area contributed by atoms with Gasteiger partial charge in [-0.15, -0.1) is 0 Å². The average molecular weight is 276 g/mol. The summed E-state index contributed by atoms with van der Waals surface area (Å²) in [4.78, 5) is 14.7. The second-order valence-corrected chi connectivity index (χ2v) is 4.88. The molecule has 0 aliphatic carbocycles. The molecule has 1 rings (SSSR count). The third kappa shape index (κ3) is 5.69. The minimum atomic E-state index is -4.49. The Bertz CT molecular complexity index is 436. The summed E-state index contributed by atoms with van der Waals surface area (Å²) in [6.45, 7) is 5.20. The molecule has 4 nitrogen and oxygen atoms in total. The molecule has 0 aliphatic heterocycles. The van der Waals surface area contributed by atoms with Gasteiger partial charge in [0.2, 0.25) is 5.91 Å². The number of alkyl halides is 3. The Morgan fingerprint density at radius 1 is 1.32 bits per heavy atom. The number of rotatable bonds is 3. The summed E-state index contributed by atoms with van der Waals surface area (Å²) in [7, 11) is 0. The van der Waals surface area contributed by atoms with Crippen LogP contribution < -0.4 is 5.32 Å². The molecule has 1 aromatic heterocycles. The topological polar surface area (TPSA) is 51.2 Å². The van der Waals surface area contributed by atoms with Gasteiger partial charge >= 0.3 is 6.18 Å². The summed E-state index contributed by atoms with van der Waals surface area (Å²) in [5.41, 5.74) is -1.28. The Morgan fingerprint density at radius 3 is 2.37 bits per heavy atom. The molecule has 0 unspecified atom stereocenters. The van der Waals surface area contributed by atoms with Gasteiger partial charge in [-0.3, -0.25) is 4.79 Å². The second kappa shape index (κ2) is 5.56. The van der Waals surface area contributed by atoms with E-state index in [0.717, 1.165) is 18.3 Å². The first-order chi connectivity index (χ1) is 8.58. The monoisotopic (exact) mass is 276 g/mol. The van der Waals surface area contributed by atoms with Crippen molar-refractivity contribution in [3.8, 4) is 0 Å². The van der Waals surface area contributed by atoms with Gasteiger partial charge in [-0.25, -0.2) is 4.98 Å². The molecule has 0 fully saturated rings. The molecule has 0 aromatic carbocycles. The van der Waals surface area contributed by atoms with Crippen molar-refractivity contribution in [1.82, 2.24) is 4.98 Å². The number of carbonyl (C=O) groups excluding carboxylic acids is 1. The summed E-state index contributed by atoms with van der Waals surface area (Å²) in [5, 5.41) is 2.40. The molecule has 0 atom stereocenters. The van der Waals surface area contributed by atoms with Crippen LogP contribution in [0.25, 0.3) is 0 Å². The number of carbonyl (C=O) groups is 1. The third-order valence-corrected chi connectivity index (χ3v) is 1.97. The molecule has 1 aromatic rings. The van der Waals surface area contributed by atoms with Crippen molar-refractivity contribution in [3.05, 3.63) is 24.0 Å². The van der Waals surface area contributed by atoms with Crippen LogP contribution in [0, 0.1) is 0 Å². The first-order valence-electron chi connectivity index (χ1n) is 5.55. The van der Waals surface area contributed by atoms with Crippen LogP contribution in [0.1, 0.15) is 26.5 Å². The lowest BCUT2D eigenvalue weighted by atomic mass is 10.2. The maximum atomic E-state index is 12.3. The van der Waals surface area contributed by atoms with Crippen molar-refractivity contribution in [2.45, 2.75) is 32.5 Å². The number of aromatic nitrogens is 1. The van der Waals surface area contributed by atoms with Crippen molar-refractivity contribution >= 4 is 11.6 Å². The van der Waals surface area contributed by atoms with E-state index in [9.17, 15) is 18.0 Å². The number of ether oxygens (including phenoxy) is 1. The molecule has 106 valence electrons. The predicted molar refractivity (Wildman–Crippen MR) is 63.6 cm³/mol. The molecule has 7 heteroatoms. The fourth-order valence-electron chi connectivity index (χ4n) is 1.11. The van der Waals surface area contributed by atoms with E-state index in [0.29, 0.717) is 0 Å². The molecule has 1 amide bonds. The van der Waals surface area contributed by atoms with Gasteiger partial charge in [0.25, 0.3) is 0 Å². The Balaban J connectivity index is 2.56. The zero-order chi connectivity index (χ0) is 14.7. The standard InChI is InChI=1S/C12H15F3N2O2/c1-11(2,3)19-7-10(18)17-8-4-5-9(16-6-8)12(13,14)15/h4-6H,7H2,1-3H3,(H,17,18). The summed E-state index contributed by atoms with van der Waals surface area (Å²) in [6, 6.07) is 1.95. The van der Waals surface area contributed by atoms with Crippen LogP contribution in [0.5, 0.6) is 0 Å². The first kappa shape index (κ1) is 15.4. The van der Waals surface area contributed by atoms with E-state index < -0.39 is 23.4 Å². The largest absolute Gasteiger partial charge is 0.433 e. The van der Waals surface area contributed by atoms with Gasteiger partial charge in [-0.1, -0.05) is 0 Å². The maximum Gasteiger partial charge on any atom is 0.433 e. The number of nitrogens with zero attached hydrogens (tertiary/aromatic N) is 1. The van der Waals surface area contributed by atoms with Crippen molar-refractivity contribution in [2.75, 3.05) is 11.9 Å². The van der Waals surface area contributed by atoms with Crippen LogP contribution in [0.3, 0.4) is 0 Å². The van der Waals surface area contributed by atoms with Crippen molar-refractivity contribution in [2.24, 2.45) is 0 Å². The van der Waals surface area contributed by atoms with Crippen LogP contribution in [0.4, 0.5) is 18.9 Å². The van der Waals surface area contributed by atoms with E-state index in [2.05, 4.69) is 10.3 Å². The van der Waals surface area contributed by atoms with E-state index in [1.807, 2.05) is 0 Å². The lowest BCUT2D eigenvalue weighted by molar-refractivity contribution is -0.141. The highest BCUT2D eigenvalue weighted by atomic mass is 19.4. The van der Waals surface area contributed by atoms with Gasteiger partial charge in [0, 0.05) is 0 Å². The number of hydrogen-bond donors (Lipinski definition) is 1. The molecule has 0 saturated carbocycles. The fourth-order valence-corrected chi connectivity index (χ4v) is 1.11. The van der Waals surface area contributed by atoms with Gasteiger partial charge in [0.1, 0.15) is 12.3 Å². The molecular weight excluding hydrogens is 261 g/mol. The molecule has 1 N–H and O–H groups in total. The number of anilines is 1. The Hall–Kier alpha value is -1.63. The third-order valence-electron chi connectivity index (χ3n) is 1.97. The summed E-state index contributed by atoms with van der Waals surface area (Å²) >= 11 is 0. The fraction of sp³-hybridized carbons (Fsp3) is 0.500. The van der Waals surface area contributed by atoms with Crippen LogP contribution in [-0.2, 0) is 15.7 Å². The zero-order valence-electron chi connectivity index (χ0n) is 10.8. The van der Waals surface area contributed by atoms with Crippen LogP contribution >= 0.6 is 0 Å². The van der Waals surface area contributed by atoms with Gasteiger partial charge < -0.3 is 10.1 Å². The summed E-state index contributed by atoms with van der Waals surface area (Å²) < 4.78 is 42.0. The number of halogens is 3. The van der Waals surface area contributed by atoms with Crippen molar-refractivity contribution in [1.29, 1.82) is 0 Å². The van der Waals surface area contributed by atoms with Gasteiger partial charge in [0.05, 0.1) is 17.5 Å². The lowest BCUT2D eigenvalue weighted by Gasteiger charge is -2.18. The highest BCUT2D eigenvalue weighted by Gasteiger charge is 2.32. The maximum absolute atomic E-state index is 12.3. The molecule has 0 saturated heterocycles.